The number of piperidine rings is 1. The van der Waals surface area contributed by atoms with E-state index in [-0.39, 0.29) is 0 Å². The van der Waals surface area contributed by atoms with Crippen LogP contribution in [-0.4, -0.2) is 40.0 Å². The Balaban J connectivity index is 1.54. The standard InChI is InChI=1S/C21H23NO4S/c23-20(24)17-8-12-3-1-2-4-13(12)10-19(17)27-16-6-5-14-11-22-18(21(25)26)9-15(14)7-16/h1-4,8,10,14-16,18,22H,5-7,9,11H2,(H,23,24)(H,25,26). The molecule has 142 valence electrons. The van der Waals surface area contributed by atoms with Gasteiger partial charge in [0.05, 0.1) is 5.56 Å². The average molecular weight is 385 g/mol. The van der Waals surface area contributed by atoms with Gasteiger partial charge >= 0.3 is 11.9 Å². The quantitative estimate of drug-likeness (QED) is 0.741. The number of fused-ring (bicyclic) bond motifs is 2. The molecular formula is C21H23NO4S. The summed E-state index contributed by atoms with van der Waals surface area (Å²) in [5, 5.41) is 24.4. The summed E-state index contributed by atoms with van der Waals surface area (Å²) in [6.07, 6.45) is 3.72. The van der Waals surface area contributed by atoms with Gasteiger partial charge in [0.25, 0.3) is 0 Å². The number of carboxylic acid groups (broad SMARTS) is 2. The number of carbonyl (C=O) groups is 2. The van der Waals surface area contributed by atoms with Crippen molar-refractivity contribution in [1.29, 1.82) is 0 Å². The summed E-state index contributed by atoms with van der Waals surface area (Å²) in [5.41, 5.74) is 0.356. The van der Waals surface area contributed by atoms with Crippen molar-refractivity contribution < 1.29 is 19.8 Å². The highest BCUT2D eigenvalue weighted by molar-refractivity contribution is 8.00. The smallest absolute Gasteiger partial charge is 0.336 e. The van der Waals surface area contributed by atoms with E-state index in [1.165, 1.54) is 0 Å². The zero-order valence-electron chi connectivity index (χ0n) is 14.9. The van der Waals surface area contributed by atoms with Crippen molar-refractivity contribution in [3.8, 4) is 0 Å². The van der Waals surface area contributed by atoms with Gasteiger partial charge in [0.15, 0.2) is 0 Å². The Kier molecular flexibility index (Phi) is 5.10. The number of rotatable bonds is 4. The Hall–Kier alpha value is -2.05. The molecule has 3 N–H and O–H groups in total. The van der Waals surface area contributed by atoms with Crippen LogP contribution in [0, 0.1) is 11.8 Å². The molecule has 0 bridgehead atoms. The molecule has 1 aliphatic heterocycles. The molecule has 6 heteroatoms. The molecule has 0 spiro atoms. The highest BCUT2D eigenvalue weighted by Gasteiger charge is 2.38. The lowest BCUT2D eigenvalue weighted by atomic mass is 9.73. The van der Waals surface area contributed by atoms with Crippen molar-refractivity contribution >= 4 is 34.5 Å². The van der Waals surface area contributed by atoms with Gasteiger partial charge in [-0.05, 0) is 67.0 Å². The Morgan fingerprint density at radius 2 is 1.74 bits per heavy atom. The van der Waals surface area contributed by atoms with Crippen molar-refractivity contribution in [2.24, 2.45) is 11.8 Å². The van der Waals surface area contributed by atoms with Gasteiger partial charge in [-0.25, -0.2) is 4.79 Å². The second-order valence-corrected chi connectivity index (χ2v) is 8.95. The average Bonchev–Trinajstić information content (AvgIpc) is 2.66. The lowest BCUT2D eigenvalue weighted by Crippen LogP contribution is -2.49. The van der Waals surface area contributed by atoms with Crippen LogP contribution < -0.4 is 5.32 Å². The van der Waals surface area contributed by atoms with Crippen LogP contribution in [0.2, 0.25) is 0 Å². The van der Waals surface area contributed by atoms with Crippen molar-refractivity contribution in [1.82, 2.24) is 5.32 Å². The number of hydrogen-bond acceptors (Lipinski definition) is 4. The van der Waals surface area contributed by atoms with Crippen LogP contribution in [0.3, 0.4) is 0 Å². The number of benzene rings is 2. The molecule has 2 aromatic carbocycles. The van der Waals surface area contributed by atoms with Gasteiger partial charge in [-0.1, -0.05) is 24.3 Å². The van der Waals surface area contributed by atoms with Crippen LogP contribution in [0.15, 0.2) is 41.3 Å². The summed E-state index contributed by atoms with van der Waals surface area (Å²) >= 11 is 1.65. The first-order valence-electron chi connectivity index (χ1n) is 9.40. The predicted octanol–water partition coefficient (Wildman–Crippen LogP) is 3.86. The molecule has 4 rings (SSSR count). The van der Waals surface area contributed by atoms with E-state index in [1.54, 1.807) is 17.8 Å². The number of thioether (sulfide) groups is 1. The first-order chi connectivity index (χ1) is 13.0. The summed E-state index contributed by atoms with van der Waals surface area (Å²) in [5.74, 6) is -0.740. The summed E-state index contributed by atoms with van der Waals surface area (Å²) in [6, 6.07) is 11.1. The fraction of sp³-hybridized carbons (Fsp3) is 0.429. The molecule has 1 saturated carbocycles. The summed E-state index contributed by atoms with van der Waals surface area (Å²) < 4.78 is 0. The number of carboxylic acids is 2. The second kappa shape index (κ2) is 7.52. The van der Waals surface area contributed by atoms with Crippen molar-refractivity contribution in [2.75, 3.05) is 6.54 Å². The molecule has 0 aromatic heterocycles. The first kappa shape index (κ1) is 18.3. The minimum absolute atomic E-state index is 0.332. The van der Waals surface area contributed by atoms with E-state index in [1.807, 2.05) is 30.3 Å². The Morgan fingerprint density at radius 1 is 1.00 bits per heavy atom. The predicted molar refractivity (Wildman–Crippen MR) is 105 cm³/mol. The molecule has 1 saturated heterocycles. The highest BCUT2D eigenvalue weighted by Crippen LogP contribution is 2.43. The molecule has 2 aliphatic rings. The molecule has 1 aliphatic carbocycles. The Bertz CT molecular complexity index is 884. The largest absolute Gasteiger partial charge is 0.480 e. The third-order valence-corrected chi connectivity index (χ3v) is 7.28. The van der Waals surface area contributed by atoms with Crippen LogP contribution in [-0.2, 0) is 4.79 Å². The van der Waals surface area contributed by atoms with Crippen LogP contribution >= 0.6 is 11.8 Å². The molecule has 2 aromatic rings. The van der Waals surface area contributed by atoms with Gasteiger partial charge in [0.1, 0.15) is 6.04 Å². The van der Waals surface area contributed by atoms with Crippen LogP contribution in [0.4, 0.5) is 0 Å². The molecule has 5 nitrogen and oxygen atoms in total. The molecule has 4 unspecified atom stereocenters. The van der Waals surface area contributed by atoms with Gasteiger partial charge in [0, 0.05) is 10.1 Å². The fourth-order valence-electron chi connectivity index (χ4n) is 4.48. The monoisotopic (exact) mass is 385 g/mol. The van der Waals surface area contributed by atoms with E-state index in [4.69, 9.17) is 0 Å². The van der Waals surface area contributed by atoms with Gasteiger partial charge in [-0.2, -0.15) is 0 Å². The molecular weight excluding hydrogens is 362 g/mol. The number of hydrogen-bond donors (Lipinski definition) is 3. The maximum Gasteiger partial charge on any atom is 0.336 e. The molecule has 0 amide bonds. The number of aliphatic carboxylic acids is 1. The summed E-state index contributed by atoms with van der Waals surface area (Å²) in [6.45, 7) is 0.773. The van der Waals surface area contributed by atoms with Crippen molar-refractivity contribution in [3.63, 3.8) is 0 Å². The zero-order chi connectivity index (χ0) is 19.0. The Morgan fingerprint density at radius 3 is 2.44 bits per heavy atom. The minimum atomic E-state index is -0.898. The van der Waals surface area contributed by atoms with E-state index in [0.717, 1.165) is 41.5 Å². The maximum atomic E-state index is 11.8. The molecule has 27 heavy (non-hydrogen) atoms. The van der Waals surface area contributed by atoms with Gasteiger partial charge < -0.3 is 15.5 Å². The SMILES string of the molecule is O=C(O)c1cc2ccccc2cc1SC1CCC2CNC(C(=O)O)CC2C1. The van der Waals surface area contributed by atoms with Crippen LogP contribution in [0.25, 0.3) is 10.8 Å². The van der Waals surface area contributed by atoms with Crippen molar-refractivity contribution in [3.05, 3.63) is 42.0 Å². The zero-order valence-corrected chi connectivity index (χ0v) is 15.7. The van der Waals surface area contributed by atoms with Gasteiger partial charge in [-0.3, -0.25) is 4.79 Å². The highest BCUT2D eigenvalue weighted by atomic mass is 32.2. The lowest BCUT2D eigenvalue weighted by molar-refractivity contribution is -0.141. The molecule has 4 atom stereocenters. The minimum Gasteiger partial charge on any atom is -0.480 e. The molecule has 2 fully saturated rings. The van der Waals surface area contributed by atoms with E-state index in [0.29, 0.717) is 29.1 Å². The summed E-state index contributed by atoms with van der Waals surface area (Å²) in [4.78, 5) is 23.9. The van der Waals surface area contributed by atoms with Gasteiger partial charge in [0.2, 0.25) is 0 Å². The third-order valence-electron chi connectivity index (χ3n) is 5.93. The first-order valence-corrected chi connectivity index (χ1v) is 10.3. The third kappa shape index (κ3) is 3.82. The van der Waals surface area contributed by atoms with Crippen LogP contribution in [0.5, 0.6) is 0 Å². The van der Waals surface area contributed by atoms with E-state index < -0.39 is 18.0 Å². The number of nitrogens with one attached hydrogen (secondary N) is 1. The molecule has 1 heterocycles. The normalized spacial score (nSPS) is 27.9. The van der Waals surface area contributed by atoms with Gasteiger partial charge in [-0.15, -0.1) is 11.8 Å². The van der Waals surface area contributed by atoms with Crippen LogP contribution in [0.1, 0.15) is 36.0 Å². The second-order valence-electron chi connectivity index (χ2n) is 7.61. The summed E-state index contributed by atoms with van der Waals surface area (Å²) in [7, 11) is 0. The van der Waals surface area contributed by atoms with E-state index >= 15 is 0 Å². The van der Waals surface area contributed by atoms with E-state index in [9.17, 15) is 19.8 Å². The Labute approximate surface area is 162 Å². The number of aromatic carboxylic acids is 1. The topological polar surface area (TPSA) is 86.6 Å². The fourth-order valence-corrected chi connectivity index (χ4v) is 5.90. The maximum absolute atomic E-state index is 11.8. The van der Waals surface area contributed by atoms with E-state index in [2.05, 4.69) is 5.32 Å². The van der Waals surface area contributed by atoms with Crippen molar-refractivity contribution in [2.45, 2.75) is 41.9 Å². The molecule has 0 radical (unpaired) electrons. The lowest BCUT2D eigenvalue weighted by Gasteiger charge is -2.41.